The SMILES string of the molecule is CC1=C(/C=C/C(C)=C/C=C/C(C)=C/C(C)C)C(C)(C)CCC1. The molecule has 0 radical (unpaired) electrons. The van der Waals surface area contributed by atoms with E-state index in [0.29, 0.717) is 11.3 Å². The van der Waals surface area contributed by atoms with E-state index < -0.39 is 0 Å². The van der Waals surface area contributed by atoms with Crippen LogP contribution in [0.3, 0.4) is 0 Å². The van der Waals surface area contributed by atoms with Crippen molar-refractivity contribution in [3.05, 3.63) is 58.7 Å². The number of rotatable bonds is 5. The third kappa shape index (κ3) is 6.22. The van der Waals surface area contributed by atoms with Crippen molar-refractivity contribution in [3.8, 4) is 0 Å². The molecule has 0 N–H and O–H groups in total. The second-order valence-corrected chi connectivity index (χ2v) is 7.69. The quantitative estimate of drug-likeness (QED) is 0.472. The maximum Gasteiger partial charge on any atom is -0.0104 e. The first-order valence-corrected chi connectivity index (χ1v) is 8.64. The average molecular weight is 299 g/mol. The highest BCUT2D eigenvalue weighted by Gasteiger charge is 2.26. The molecule has 0 aliphatic heterocycles. The van der Waals surface area contributed by atoms with Crippen LogP contribution in [0.2, 0.25) is 0 Å². The van der Waals surface area contributed by atoms with Gasteiger partial charge >= 0.3 is 0 Å². The van der Waals surface area contributed by atoms with Gasteiger partial charge in [0.15, 0.2) is 0 Å². The first-order chi connectivity index (χ1) is 10.2. The van der Waals surface area contributed by atoms with Gasteiger partial charge in [-0.3, -0.25) is 0 Å². The Morgan fingerprint density at radius 2 is 1.77 bits per heavy atom. The minimum atomic E-state index is 0.325. The molecule has 0 spiro atoms. The van der Waals surface area contributed by atoms with Crippen molar-refractivity contribution in [2.75, 3.05) is 0 Å². The normalized spacial score (nSPS) is 20.7. The van der Waals surface area contributed by atoms with Crippen molar-refractivity contribution < 1.29 is 0 Å². The van der Waals surface area contributed by atoms with Gasteiger partial charge in [0.1, 0.15) is 0 Å². The van der Waals surface area contributed by atoms with Crippen molar-refractivity contribution in [2.45, 2.75) is 67.7 Å². The van der Waals surface area contributed by atoms with Gasteiger partial charge in [-0.05, 0) is 56.9 Å². The lowest BCUT2D eigenvalue weighted by Crippen LogP contribution is -2.19. The number of hydrogen-bond acceptors (Lipinski definition) is 0. The number of hydrogen-bond donors (Lipinski definition) is 0. The largest absolute Gasteiger partial charge is 0.0790 e. The van der Waals surface area contributed by atoms with Gasteiger partial charge in [-0.2, -0.15) is 0 Å². The minimum Gasteiger partial charge on any atom is -0.0790 e. The second-order valence-electron chi connectivity index (χ2n) is 7.69. The van der Waals surface area contributed by atoms with Gasteiger partial charge in [-0.1, -0.05) is 80.9 Å². The molecular formula is C22H34. The lowest BCUT2D eigenvalue weighted by Gasteiger charge is -2.32. The van der Waals surface area contributed by atoms with E-state index in [0.717, 1.165) is 0 Å². The first-order valence-electron chi connectivity index (χ1n) is 8.64. The summed E-state index contributed by atoms with van der Waals surface area (Å²) in [6.45, 7) is 15.8. The molecule has 0 bridgehead atoms. The topological polar surface area (TPSA) is 0 Å². The molecule has 0 saturated heterocycles. The molecule has 0 fully saturated rings. The summed E-state index contributed by atoms with van der Waals surface area (Å²) in [5.41, 5.74) is 6.05. The van der Waals surface area contributed by atoms with E-state index in [4.69, 9.17) is 0 Å². The zero-order valence-corrected chi connectivity index (χ0v) is 15.7. The van der Waals surface area contributed by atoms with Crippen molar-refractivity contribution in [3.63, 3.8) is 0 Å². The summed E-state index contributed by atoms with van der Waals surface area (Å²) in [7, 11) is 0. The van der Waals surface area contributed by atoms with Crippen LogP contribution >= 0.6 is 0 Å². The summed E-state index contributed by atoms with van der Waals surface area (Å²) in [5, 5.41) is 0. The molecule has 0 atom stereocenters. The van der Waals surface area contributed by atoms with Crippen molar-refractivity contribution in [1.82, 2.24) is 0 Å². The smallest absolute Gasteiger partial charge is 0.0104 e. The van der Waals surface area contributed by atoms with E-state index in [9.17, 15) is 0 Å². The third-order valence-corrected chi connectivity index (χ3v) is 4.37. The summed E-state index contributed by atoms with van der Waals surface area (Å²) in [6.07, 6.45) is 17.3. The van der Waals surface area contributed by atoms with Crippen LogP contribution in [-0.2, 0) is 0 Å². The molecule has 22 heavy (non-hydrogen) atoms. The minimum absolute atomic E-state index is 0.325. The zero-order chi connectivity index (χ0) is 16.8. The Kier molecular flexibility index (Phi) is 7.13. The van der Waals surface area contributed by atoms with Crippen LogP contribution in [0.25, 0.3) is 0 Å². The maximum atomic E-state index is 2.37. The standard InChI is InChI=1S/C22H34/c1-17(2)16-19(4)11-8-10-18(3)13-14-21-20(5)12-9-15-22(21,6)7/h8,10-11,13-14,16-17H,9,12,15H2,1-7H3/b11-8+,14-13+,18-10+,19-16+. The monoisotopic (exact) mass is 298 g/mol. The Labute approximate surface area is 138 Å². The predicted octanol–water partition coefficient (Wildman–Crippen LogP) is 7.17. The molecule has 1 aliphatic rings. The first kappa shape index (κ1) is 18.7. The van der Waals surface area contributed by atoms with Crippen LogP contribution in [0.15, 0.2) is 58.7 Å². The molecule has 0 nitrogen and oxygen atoms in total. The van der Waals surface area contributed by atoms with E-state index >= 15 is 0 Å². The molecule has 1 rings (SSSR count). The fourth-order valence-corrected chi connectivity index (χ4v) is 3.21. The van der Waals surface area contributed by atoms with Crippen LogP contribution in [0.5, 0.6) is 0 Å². The van der Waals surface area contributed by atoms with Crippen molar-refractivity contribution in [2.24, 2.45) is 11.3 Å². The summed E-state index contributed by atoms with van der Waals surface area (Å²) in [6, 6.07) is 0. The molecule has 0 aromatic rings. The summed E-state index contributed by atoms with van der Waals surface area (Å²) < 4.78 is 0. The average Bonchev–Trinajstić information content (AvgIpc) is 2.36. The fourth-order valence-electron chi connectivity index (χ4n) is 3.21. The van der Waals surface area contributed by atoms with Gasteiger partial charge < -0.3 is 0 Å². The van der Waals surface area contributed by atoms with Gasteiger partial charge in [-0.15, -0.1) is 0 Å². The van der Waals surface area contributed by atoms with Gasteiger partial charge in [0.25, 0.3) is 0 Å². The zero-order valence-electron chi connectivity index (χ0n) is 15.7. The predicted molar refractivity (Wildman–Crippen MR) is 101 cm³/mol. The highest BCUT2D eigenvalue weighted by Crippen LogP contribution is 2.40. The van der Waals surface area contributed by atoms with E-state index in [-0.39, 0.29) is 0 Å². The molecule has 122 valence electrons. The molecular weight excluding hydrogens is 264 g/mol. The van der Waals surface area contributed by atoms with E-state index in [1.807, 2.05) is 0 Å². The van der Waals surface area contributed by atoms with Gasteiger partial charge in [0.2, 0.25) is 0 Å². The molecule has 0 amide bonds. The Hall–Kier alpha value is -1.30. The van der Waals surface area contributed by atoms with Crippen LogP contribution in [0.1, 0.15) is 67.7 Å². The van der Waals surface area contributed by atoms with E-state index in [1.165, 1.54) is 36.0 Å². The van der Waals surface area contributed by atoms with Crippen LogP contribution in [0.4, 0.5) is 0 Å². The van der Waals surface area contributed by atoms with Crippen molar-refractivity contribution in [1.29, 1.82) is 0 Å². The molecule has 0 aromatic carbocycles. The Morgan fingerprint density at radius 1 is 1.09 bits per heavy atom. The molecule has 0 unspecified atom stereocenters. The van der Waals surface area contributed by atoms with E-state index in [2.05, 4.69) is 84.9 Å². The van der Waals surface area contributed by atoms with Gasteiger partial charge in [0, 0.05) is 0 Å². The van der Waals surface area contributed by atoms with Crippen molar-refractivity contribution >= 4 is 0 Å². The van der Waals surface area contributed by atoms with Gasteiger partial charge in [-0.25, -0.2) is 0 Å². The highest BCUT2D eigenvalue weighted by atomic mass is 14.3. The second kappa shape index (κ2) is 8.36. The summed E-state index contributed by atoms with van der Waals surface area (Å²) in [5.74, 6) is 0.609. The molecule has 0 heteroatoms. The maximum absolute atomic E-state index is 2.37. The summed E-state index contributed by atoms with van der Waals surface area (Å²) >= 11 is 0. The highest BCUT2D eigenvalue weighted by molar-refractivity contribution is 5.37. The molecule has 0 aromatic heterocycles. The third-order valence-electron chi connectivity index (χ3n) is 4.37. The van der Waals surface area contributed by atoms with Gasteiger partial charge in [0.05, 0.1) is 0 Å². The Bertz CT molecular complexity index is 516. The molecule has 0 heterocycles. The number of allylic oxidation sites excluding steroid dienone is 10. The summed E-state index contributed by atoms with van der Waals surface area (Å²) in [4.78, 5) is 0. The lowest BCUT2D eigenvalue weighted by molar-refractivity contribution is 0.377. The van der Waals surface area contributed by atoms with Crippen LogP contribution in [-0.4, -0.2) is 0 Å². The van der Waals surface area contributed by atoms with Crippen LogP contribution < -0.4 is 0 Å². The van der Waals surface area contributed by atoms with E-state index in [1.54, 1.807) is 5.57 Å². The Balaban J connectivity index is 2.77. The molecule has 1 aliphatic carbocycles. The van der Waals surface area contributed by atoms with Crippen LogP contribution in [0, 0.1) is 11.3 Å². The lowest BCUT2D eigenvalue weighted by atomic mass is 9.72. The molecule has 0 saturated carbocycles. The Morgan fingerprint density at radius 3 is 2.36 bits per heavy atom. The fraction of sp³-hybridized carbons (Fsp3) is 0.545.